The van der Waals surface area contributed by atoms with E-state index in [1.165, 1.54) is 22.7 Å². The minimum atomic E-state index is -0.108. The number of fused-ring (bicyclic) bond motifs is 1. The van der Waals surface area contributed by atoms with Crippen LogP contribution in [-0.2, 0) is 4.79 Å². The van der Waals surface area contributed by atoms with Gasteiger partial charge in [0.1, 0.15) is 5.69 Å². The lowest BCUT2D eigenvalue weighted by Crippen LogP contribution is -2.29. The number of ketones is 1. The van der Waals surface area contributed by atoms with Crippen LogP contribution in [0.1, 0.15) is 21.8 Å². The third kappa shape index (κ3) is 4.33. The average Bonchev–Trinajstić information content (AvgIpc) is 3.29. The highest BCUT2D eigenvalue weighted by atomic mass is 35.5. The molecule has 0 saturated heterocycles. The lowest BCUT2D eigenvalue weighted by Gasteiger charge is -2.08. The van der Waals surface area contributed by atoms with Crippen LogP contribution >= 0.6 is 34.3 Å². The van der Waals surface area contributed by atoms with Gasteiger partial charge in [-0.2, -0.15) is 0 Å². The fourth-order valence-corrected chi connectivity index (χ4v) is 3.82. The summed E-state index contributed by atoms with van der Waals surface area (Å²) in [5.74, 6) is 0.464. The van der Waals surface area contributed by atoms with Crippen LogP contribution < -0.4 is 10.6 Å². The molecule has 0 spiro atoms. The van der Waals surface area contributed by atoms with E-state index in [1.54, 1.807) is 6.07 Å². The zero-order chi connectivity index (χ0) is 17.6. The molecule has 0 radical (unpaired) electrons. The molecule has 0 aliphatic carbocycles. The van der Waals surface area contributed by atoms with Gasteiger partial charge in [-0.15, -0.1) is 34.3 Å². The number of halogens is 1. The molecule has 0 atom stereocenters. The minimum absolute atomic E-state index is 0.0976. The first-order chi connectivity index (χ1) is 12.2. The summed E-state index contributed by atoms with van der Waals surface area (Å²) in [5.41, 5.74) is 1.13. The molecule has 0 aromatic carbocycles. The molecule has 25 heavy (non-hydrogen) atoms. The van der Waals surface area contributed by atoms with E-state index in [0.29, 0.717) is 41.9 Å². The smallest absolute Gasteiger partial charge is 0.224 e. The van der Waals surface area contributed by atoms with Crippen LogP contribution in [0.3, 0.4) is 0 Å². The topological polar surface area (TPSA) is 84.0 Å². The number of thiophene rings is 2. The van der Waals surface area contributed by atoms with Crippen LogP contribution in [0.25, 0.3) is 10.2 Å². The SMILES string of the molecule is O=C(CCCl)NCCNc1nc(C(=O)c2cccs2)c2sccc2n1. The Morgan fingerprint density at radius 1 is 1.12 bits per heavy atom. The normalized spacial score (nSPS) is 10.8. The van der Waals surface area contributed by atoms with E-state index in [2.05, 4.69) is 20.6 Å². The number of carbonyl (C=O) groups excluding carboxylic acids is 2. The van der Waals surface area contributed by atoms with Gasteiger partial charge in [0, 0.05) is 25.4 Å². The Morgan fingerprint density at radius 3 is 2.76 bits per heavy atom. The zero-order valence-corrected chi connectivity index (χ0v) is 15.5. The first-order valence-electron chi connectivity index (χ1n) is 7.59. The number of nitrogens with zero attached hydrogens (tertiary/aromatic N) is 2. The van der Waals surface area contributed by atoms with Gasteiger partial charge < -0.3 is 10.6 Å². The summed E-state index contributed by atoms with van der Waals surface area (Å²) in [4.78, 5) is 33.5. The Balaban J connectivity index is 1.74. The molecule has 9 heteroatoms. The summed E-state index contributed by atoms with van der Waals surface area (Å²) in [6, 6.07) is 5.49. The molecule has 1 amide bonds. The van der Waals surface area contributed by atoms with Crippen molar-refractivity contribution in [3.8, 4) is 0 Å². The Bertz CT molecular complexity index is 880. The Morgan fingerprint density at radius 2 is 2.00 bits per heavy atom. The van der Waals surface area contributed by atoms with Crippen molar-refractivity contribution in [2.24, 2.45) is 0 Å². The van der Waals surface area contributed by atoms with Crippen LogP contribution in [0.15, 0.2) is 29.0 Å². The molecule has 0 aliphatic rings. The molecule has 0 aliphatic heterocycles. The highest BCUT2D eigenvalue weighted by Gasteiger charge is 2.18. The van der Waals surface area contributed by atoms with Gasteiger partial charge in [-0.25, -0.2) is 9.97 Å². The van der Waals surface area contributed by atoms with Gasteiger partial charge in [-0.05, 0) is 22.9 Å². The van der Waals surface area contributed by atoms with E-state index in [-0.39, 0.29) is 11.7 Å². The molecule has 3 aromatic rings. The molecule has 0 fully saturated rings. The Kier molecular flexibility index (Phi) is 5.95. The van der Waals surface area contributed by atoms with E-state index in [1.807, 2.05) is 22.9 Å². The number of hydrogen-bond donors (Lipinski definition) is 2. The minimum Gasteiger partial charge on any atom is -0.354 e. The van der Waals surface area contributed by atoms with Crippen molar-refractivity contribution in [1.82, 2.24) is 15.3 Å². The average molecular weight is 395 g/mol. The third-order valence-corrected chi connectivity index (χ3v) is 5.28. The van der Waals surface area contributed by atoms with Crippen LogP contribution in [0, 0.1) is 0 Å². The fraction of sp³-hybridized carbons (Fsp3) is 0.250. The maximum atomic E-state index is 12.7. The summed E-state index contributed by atoms with van der Waals surface area (Å²) in [6.45, 7) is 0.880. The standard InChI is InChI=1S/C16H15ClN4O2S2/c17-5-3-12(22)18-6-7-19-16-20-10-4-9-25-15(10)13(21-16)14(23)11-2-1-8-24-11/h1-2,4,8-9H,3,5-7H2,(H,18,22)(H,19,20,21). The van der Waals surface area contributed by atoms with Gasteiger partial charge >= 0.3 is 0 Å². The number of amides is 1. The fourth-order valence-electron chi connectivity index (χ4n) is 2.17. The number of nitrogens with one attached hydrogen (secondary N) is 2. The van der Waals surface area contributed by atoms with Gasteiger partial charge in [0.05, 0.1) is 15.1 Å². The van der Waals surface area contributed by atoms with Crippen LogP contribution in [0.4, 0.5) is 5.95 Å². The first kappa shape index (κ1) is 17.8. The molecule has 0 saturated carbocycles. The molecule has 0 bridgehead atoms. The molecule has 3 aromatic heterocycles. The summed E-state index contributed by atoms with van der Waals surface area (Å²) in [5, 5.41) is 9.55. The Hall–Kier alpha value is -2.03. The molecule has 0 unspecified atom stereocenters. The number of hydrogen-bond acceptors (Lipinski definition) is 7. The van der Waals surface area contributed by atoms with Crippen molar-refractivity contribution >= 4 is 62.1 Å². The van der Waals surface area contributed by atoms with Crippen LogP contribution in [0.5, 0.6) is 0 Å². The number of aromatic nitrogens is 2. The summed E-state index contributed by atoms with van der Waals surface area (Å²) >= 11 is 8.35. The van der Waals surface area contributed by atoms with E-state index < -0.39 is 0 Å². The van der Waals surface area contributed by atoms with Gasteiger partial charge in [-0.1, -0.05) is 6.07 Å². The zero-order valence-electron chi connectivity index (χ0n) is 13.1. The number of alkyl halides is 1. The maximum absolute atomic E-state index is 12.7. The number of rotatable bonds is 8. The van der Waals surface area contributed by atoms with Gasteiger partial charge in [0.25, 0.3) is 0 Å². The maximum Gasteiger partial charge on any atom is 0.224 e. The second kappa shape index (κ2) is 8.37. The molecule has 3 rings (SSSR count). The van der Waals surface area contributed by atoms with Crippen molar-refractivity contribution in [2.75, 3.05) is 24.3 Å². The lowest BCUT2D eigenvalue weighted by molar-refractivity contribution is -0.120. The van der Waals surface area contributed by atoms with Crippen molar-refractivity contribution < 1.29 is 9.59 Å². The molecule has 130 valence electrons. The van der Waals surface area contributed by atoms with Crippen LogP contribution in [-0.4, -0.2) is 40.6 Å². The summed E-state index contributed by atoms with van der Waals surface area (Å²) < 4.78 is 0.777. The van der Waals surface area contributed by atoms with Crippen molar-refractivity contribution in [3.63, 3.8) is 0 Å². The second-order valence-electron chi connectivity index (χ2n) is 5.05. The highest BCUT2D eigenvalue weighted by Crippen LogP contribution is 2.26. The summed E-state index contributed by atoms with van der Waals surface area (Å²) in [7, 11) is 0. The predicted octanol–water partition coefficient (Wildman–Crippen LogP) is 3.14. The van der Waals surface area contributed by atoms with Gasteiger partial charge in [-0.3, -0.25) is 9.59 Å². The first-order valence-corrected chi connectivity index (χ1v) is 9.88. The van der Waals surface area contributed by atoms with Crippen molar-refractivity contribution in [1.29, 1.82) is 0 Å². The molecular formula is C16H15ClN4O2S2. The predicted molar refractivity (Wildman–Crippen MR) is 102 cm³/mol. The Labute approximate surface area is 157 Å². The quantitative estimate of drug-likeness (QED) is 0.348. The molecule has 2 N–H and O–H groups in total. The third-order valence-electron chi connectivity index (χ3n) is 3.32. The van der Waals surface area contributed by atoms with Gasteiger partial charge in [0.2, 0.25) is 17.6 Å². The van der Waals surface area contributed by atoms with Crippen LogP contribution in [0.2, 0.25) is 0 Å². The lowest BCUT2D eigenvalue weighted by atomic mass is 10.2. The summed E-state index contributed by atoms with van der Waals surface area (Å²) in [6.07, 6.45) is 0.290. The van der Waals surface area contributed by atoms with E-state index in [4.69, 9.17) is 11.6 Å². The largest absolute Gasteiger partial charge is 0.354 e. The van der Waals surface area contributed by atoms with Crippen molar-refractivity contribution in [2.45, 2.75) is 6.42 Å². The molecule has 3 heterocycles. The van der Waals surface area contributed by atoms with E-state index in [9.17, 15) is 9.59 Å². The highest BCUT2D eigenvalue weighted by molar-refractivity contribution is 7.17. The van der Waals surface area contributed by atoms with Gasteiger partial charge in [0.15, 0.2) is 0 Å². The number of carbonyl (C=O) groups is 2. The second-order valence-corrected chi connectivity index (χ2v) is 7.29. The monoisotopic (exact) mass is 394 g/mol. The number of anilines is 1. The molecular weight excluding hydrogens is 380 g/mol. The van der Waals surface area contributed by atoms with E-state index in [0.717, 1.165) is 10.2 Å². The van der Waals surface area contributed by atoms with E-state index >= 15 is 0 Å². The van der Waals surface area contributed by atoms with Crippen molar-refractivity contribution in [3.05, 3.63) is 39.5 Å². The molecule has 6 nitrogen and oxygen atoms in total.